The molecule has 84 valence electrons. The highest BCUT2D eigenvalue weighted by Crippen LogP contribution is 2.36. The summed E-state index contributed by atoms with van der Waals surface area (Å²) in [6, 6.07) is 10.1. The van der Waals surface area contributed by atoms with Crippen molar-refractivity contribution in [3.8, 4) is 0 Å². The number of thioether (sulfide) groups is 1. The van der Waals surface area contributed by atoms with Gasteiger partial charge in [0.05, 0.1) is 12.7 Å². The number of rotatable bonds is 2. The zero-order valence-electron chi connectivity index (χ0n) is 8.67. The van der Waals surface area contributed by atoms with Gasteiger partial charge < -0.3 is 9.47 Å². The molecule has 0 radical (unpaired) electrons. The van der Waals surface area contributed by atoms with Gasteiger partial charge in [0.15, 0.2) is 5.78 Å². The monoisotopic (exact) mass is 236 g/mol. The van der Waals surface area contributed by atoms with Crippen LogP contribution in [0.2, 0.25) is 0 Å². The van der Waals surface area contributed by atoms with Crippen molar-refractivity contribution in [2.45, 2.75) is 29.0 Å². The second-order valence-corrected chi connectivity index (χ2v) is 5.29. The lowest BCUT2D eigenvalue weighted by molar-refractivity contribution is -0.151. The van der Waals surface area contributed by atoms with E-state index in [1.807, 2.05) is 18.2 Å². The van der Waals surface area contributed by atoms with Gasteiger partial charge in [0.25, 0.3) is 0 Å². The Morgan fingerprint density at radius 2 is 2.06 bits per heavy atom. The highest BCUT2D eigenvalue weighted by atomic mass is 32.2. The summed E-state index contributed by atoms with van der Waals surface area (Å²) in [7, 11) is 0. The number of hydrogen-bond donors (Lipinski definition) is 0. The van der Waals surface area contributed by atoms with Crippen LogP contribution in [0.5, 0.6) is 0 Å². The van der Waals surface area contributed by atoms with Crippen molar-refractivity contribution < 1.29 is 14.3 Å². The van der Waals surface area contributed by atoms with Gasteiger partial charge in [0.2, 0.25) is 6.29 Å². The van der Waals surface area contributed by atoms with Gasteiger partial charge in [-0.15, -0.1) is 11.8 Å². The predicted molar refractivity (Wildman–Crippen MR) is 60.3 cm³/mol. The van der Waals surface area contributed by atoms with E-state index in [0.717, 1.165) is 0 Å². The van der Waals surface area contributed by atoms with Crippen molar-refractivity contribution in [3.05, 3.63) is 30.3 Å². The molecule has 4 heteroatoms. The maximum absolute atomic E-state index is 11.6. The van der Waals surface area contributed by atoms with Gasteiger partial charge in [0.1, 0.15) is 0 Å². The second kappa shape index (κ2) is 4.20. The first kappa shape index (κ1) is 10.3. The molecule has 2 saturated heterocycles. The van der Waals surface area contributed by atoms with Gasteiger partial charge in [-0.2, -0.15) is 0 Å². The average molecular weight is 236 g/mol. The summed E-state index contributed by atoms with van der Waals surface area (Å²) >= 11 is 1.70. The number of Topliss-reactive ketones (excluding diaryl/α,β-unsaturated/α-hetero) is 1. The fourth-order valence-corrected chi connectivity index (χ4v) is 3.21. The van der Waals surface area contributed by atoms with E-state index >= 15 is 0 Å². The van der Waals surface area contributed by atoms with Crippen LogP contribution in [0.4, 0.5) is 0 Å². The Hall–Kier alpha value is -0.840. The molecule has 2 aliphatic heterocycles. The number of carbonyl (C=O) groups excluding carboxylic acids is 1. The van der Waals surface area contributed by atoms with Gasteiger partial charge in [-0.05, 0) is 12.1 Å². The third-order valence-electron chi connectivity index (χ3n) is 2.82. The molecule has 3 unspecified atom stereocenters. The predicted octanol–water partition coefficient (Wildman–Crippen LogP) is 1.86. The van der Waals surface area contributed by atoms with E-state index in [0.29, 0.717) is 13.0 Å². The van der Waals surface area contributed by atoms with Gasteiger partial charge >= 0.3 is 0 Å². The van der Waals surface area contributed by atoms with Crippen molar-refractivity contribution in [1.29, 1.82) is 0 Å². The van der Waals surface area contributed by atoms with Crippen LogP contribution in [0, 0.1) is 0 Å². The third kappa shape index (κ3) is 1.88. The molecule has 0 saturated carbocycles. The third-order valence-corrected chi connectivity index (χ3v) is 4.14. The van der Waals surface area contributed by atoms with Crippen molar-refractivity contribution in [2.75, 3.05) is 6.61 Å². The summed E-state index contributed by atoms with van der Waals surface area (Å²) in [4.78, 5) is 12.8. The van der Waals surface area contributed by atoms with Crippen LogP contribution in [0.3, 0.4) is 0 Å². The molecule has 0 spiro atoms. The smallest absolute Gasteiger partial charge is 0.218 e. The highest BCUT2D eigenvalue weighted by Gasteiger charge is 2.43. The Morgan fingerprint density at radius 1 is 1.25 bits per heavy atom. The standard InChI is InChI=1S/C12H12O3S/c13-9-6-11(10-7-14-12(9)15-10)16-8-4-2-1-3-5-8/h1-5,10-12H,6-7H2. The summed E-state index contributed by atoms with van der Waals surface area (Å²) in [5.74, 6) is 0.0715. The molecule has 0 amide bonds. The largest absolute Gasteiger partial charge is 0.343 e. The van der Waals surface area contributed by atoms with E-state index in [9.17, 15) is 4.79 Å². The fraction of sp³-hybridized carbons (Fsp3) is 0.417. The molecular formula is C12H12O3S. The normalized spacial score (nSPS) is 33.0. The van der Waals surface area contributed by atoms with Crippen LogP contribution in [0.25, 0.3) is 0 Å². The number of carbonyl (C=O) groups is 1. The molecule has 3 atom stereocenters. The zero-order valence-corrected chi connectivity index (χ0v) is 9.48. The molecule has 0 N–H and O–H groups in total. The first-order valence-corrected chi connectivity index (χ1v) is 6.22. The molecule has 2 heterocycles. The number of benzene rings is 1. The number of ether oxygens (including phenoxy) is 2. The quantitative estimate of drug-likeness (QED) is 0.785. The van der Waals surface area contributed by atoms with Crippen LogP contribution < -0.4 is 0 Å². The first-order chi connectivity index (χ1) is 7.83. The molecule has 1 aromatic rings. The maximum Gasteiger partial charge on any atom is 0.218 e. The van der Waals surface area contributed by atoms with Gasteiger partial charge in [-0.25, -0.2) is 0 Å². The second-order valence-electron chi connectivity index (χ2n) is 3.98. The summed E-state index contributed by atoms with van der Waals surface area (Å²) in [5, 5.41) is 0.189. The lowest BCUT2D eigenvalue weighted by Gasteiger charge is -2.25. The average Bonchev–Trinajstić information content (AvgIpc) is 2.73. The topological polar surface area (TPSA) is 35.5 Å². The van der Waals surface area contributed by atoms with Crippen molar-refractivity contribution >= 4 is 17.5 Å². The van der Waals surface area contributed by atoms with Gasteiger partial charge in [0, 0.05) is 16.6 Å². The van der Waals surface area contributed by atoms with Crippen molar-refractivity contribution in [2.24, 2.45) is 0 Å². The molecule has 2 fully saturated rings. The van der Waals surface area contributed by atoms with Gasteiger partial charge in [-0.3, -0.25) is 4.79 Å². The Morgan fingerprint density at radius 3 is 2.88 bits per heavy atom. The molecule has 3 nitrogen and oxygen atoms in total. The number of hydrogen-bond acceptors (Lipinski definition) is 4. The molecule has 2 aliphatic rings. The van der Waals surface area contributed by atoms with E-state index < -0.39 is 6.29 Å². The minimum Gasteiger partial charge on any atom is -0.343 e. The van der Waals surface area contributed by atoms with Crippen LogP contribution in [-0.2, 0) is 14.3 Å². The minimum atomic E-state index is -0.586. The number of fused-ring (bicyclic) bond motifs is 2. The Kier molecular flexibility index (Phi) is 2.71. The summed E-state index contributed by atoms with van der Waals surface area (Å²) in [5.41, 5.74) is 0. The Bertz CT molecular complexity index is 393. The summed E-state index contributed by atoms with van der Waals surface area (Å²) in [6.07, 6.45) is 0.0278. The van der Waals surface area contributed by atoms with Crippen LogP contribution >= 0.6 is 11.8 Å². The van der Waals surface area contributed by atoms with E-state index in [4.69, 9.17) is 9.47 Å². The molecule has 0 aliphatic carbocycles. The SMILES string of the molecule is O=C1CC(Sc2ccccc2)C2COC1O2. The molecular weight excluding hydrogens is 224 g/mol. The molecule has 2 bridgehead atoms. The van der Waals surface area contributed by atoms with Crippen LogP contribution in [0.1, 0.15) is 6.42 Å². The van der Waals surface area contributed by atoms with Gasteiger partial charge in [-0.1, -0.05) is 18.2 Å². The Labute approximate surface area is 98.1 Å². The lowest BCUT2D eigenvalue weighted by atomic mass is 10.1. The first-order valence-electron chi connectivity index (χ1n) is 5.34. The summed E-state index contributed by atoms with van der Waals surface area (Å²) < 4.78 is 10.8. The minimum absolute atomic E-state index is 0.0629. The lowest BCUT2D eigenvalue weighted by Crippen LogP contribution is -2.37. The van der Waals surface area contributed by atoms with Crippen molar-refractivity contribution in [3.63, 3.8) is 0 Å². The van der Waals surface area contributed by atoms with Crippen LogP contribution in [0.15, 0.2) is 35.2 Å². The maximum atomic E-state index is 11.6. The molecule has 1 aromatic carbocycles. The fourth-order valence-electron chi connectivity index (χ4n) is 2.00. The van der Waals surface area contributed by atoms with Crippen LogP contribution in [-0.4, -0.2) is 30.0 Å². The Balaban J connectivity index is 1.73. The molecule has 3 rings (SSSR count). The summed E-state index contributed by atoms with van der Waals surface area (Å²) in [6.45, 7) is 0.543. The molecule has 0 aromatic heterocycles. The zero-order chi connectivity index (χ0) is 11.0. The van der Waals surface area contributed by atoms with E-state index in [1.54, 1.807) is 11.8 Å². The molecule has 16 heavy (non-hydrogen) atoms. The number of ketones is 1. The van der Waals surface area contributed by atoms with E-state index in [2.05, 4.69) is 12.1 Å². The van der Waals surface area contributed by atoms with Crippen molar-refractivity contribution in [1.82, 2.24) is 0 Å². The van der Waals surface area contributed by atoms with E-state index in [-0.39, 0.29) is 17.1 Å². The highest BCUT2D eigenvalue weighted by molar-refractivity contribution is 8.00. The van der Waals surface area contributed by atoms with E-state index in [1.165, 1.54) is 4.90 Å².